The van der Waals surface area contributed by atoms with Crippen LogP contribution in [-0.4, -0.2) is 38.3 Å². The second-order valence-corrected chi connectivity index (χ2v) is 8.63. The summed E-state index contributed by atoms with van der Waals surface area (Å²) in [5.74, 6) is -0.381. The molecule has 1 fully saturated rings. The molecule has 1 atom stereocenters. The lowest BCUT2D eigenvalue weighted by atomic mass is 9.99. The fraction of sp³-hybridized carbons (Fsp3) is 0.588. The van der Waals surface area contributed by atoms with E-state index in [0.717, 1.165) is 19.3 Å². The van der Waals surface area contributed by atoms with Gasteiger partial charge in [0.15, 0.2) is 0 Å². The summed E-state index contributed by atoms with van der Waals surface area (Å²) < 4.78 is 26.7. The Kier molecular flexibility index (Phi) is 7.07. The second kappa shape index (κ2) is 8.83. The first-order chi connectivity index (χ1) is 11.4. The van der Waals surface area contributed by atoms with E-state index < -0.39 is 10.0 Å². The van der Waals surface area contributed by atoms with Gasteiger partial charge in [-0.3, -0.25) is 4.79 Å². The molecule has 1 unspecified atom stereocenters. The van der Waals surface area contributed by atoms with Crippen LogP contribution in [0.3, 0.4) is 0 Å². The van der Waals surface area contributed by atoms with Gasteiger partial charge in [0.1, 0.15) is 0 Å². The Morgan fingerprint density at radius 1 is 1.42 bits per heavy atom. The fourth-order valence-corrected chi connectivity index (χ4v) is 4.68. The molecular weight excluding hydrogens is 348 g/mol. The molecule has 24 heavy (non-hydrogen) atoms. The Morgan fingerprint density at radius 2 is 2.21 bits per heavy atom. The van der Waals surface area contributed by atoms with Crippen molar-refractivity contribution >= 4 is 27.5 Å². The van der Waals surface area contributed by atoms with E-state index in [4.69, 9.17) is 11.6 Å². The van der Waals surface area contributed by atoms with Crippen molar-refractivity contribution < 1.29 is 13.2 Å². The van der Waals surface area contributed by atoms with Gasteiger partial charge in [-0.25, -0.2) is 12.7 Å². The molecule has 1 heterocycles. The topological polar surface area (TPSA) is 66.5 Å². The molecule has 1 aliphatic rings. The number of benzene rings is 1. The summed E-state index contributed by atoms with van der Waals surface area (Å²) in [6.45, 7) is 3.46. The first-order valence-corrected chi connectivity index (χ1v) is 10.4. The van der Waals surface area contributed by atoms with E-state index in [-0.39, 0.29) is 24.1 Å². The van der Waals surface area contributed by atoms with Crippen LogP contribution < -0.4 is 5.32 Å². The van der Waals surface area contributed by atoms with Gasteiger partial charge in [0.25, 0.3) is 0 Å². The molecule has 0 aliphatic carbocycles. The molecule has 0 aromatic heterocycles. The van der Waals surface area contributed by atoms with Crippen LogP contribution in [0.5, 0.6) is 0 Å². The molecule has 1 aromatic carbocycles. The van der Waals surface area contributed by atoms with Crippen LogP contribution in [0.1, 0.15) is 38.2 Å². The molecule has 1 saturated heterocycles. The van der Waals surface area contributed by atoms with Gasteiger partial charge in [0, 0.05) is 24.7 Å². The van der Waals surface area contributed by atoms with Gasteiger partial charge >= 0.3 is 0 Å². The zero-order valence-corrected chi connectivity index (χ0v) is 15.6. The molecule has 1 amide bonds. The molecule has 5 nitrogen and oxygen atoms in total. The van der Waals surface area contributed by atoms with Gasteiger partial charge < -0.3 is 5.32 Å². The highest BCUT2D eigenvalue weighted by Gasteiger charge is 2.32. The minimum absolute atomic E-state index is 0.0360. The van der Waals surface area contributed by atoms with Crippen LogP contribution >= 0.6 is 11.6 Å². The smallest absolute Gasteiger partial charge is 0.224 e. The highest BCUT2D eigenvalue weighted by Crippen LogP contribution is 2.22. The van der Waals surface area contributed by atoms with Gasteiger partial charge in [-0.1, -0.05) is 37.1 Å². The molecule has 134 valence electrons. The van der Waals surface area contributed by atoms with Crippen molar-refractivity contribution in [3.63, 3.8) is 0 Å². The molecule has 1 aromatic rings. The summed E-state index contributed by atoms with van der Waals surface area (Å²) in [5, 5.41) is 3.43. The molecular formula is C17H25ClN2O3S. The number of nitrogens with zero attached hydrogens (tertiary/aromatic N) is 1. The Hall–Kier alpha value is -1.11. The molecule has 0 bridgehead atoms. The number of amides is 1. The van der Waals surface area contributed by atoms with Crippen LogP contribution in [0.4, 0.5) is 0 Å². The number of unbranched alkanes of at least 4 members (excludes halogenated alkanes) is 1. The van der Waals surface area contributed by atoms with Gasteiger partial charge in [-0.2, -0.15) is 0 Å². The predicted molar refractivity (Wildman–Crippen MR) is 96.3 cm³/mol. The summed E-state index contributed by atoms with van der Waals surface area (Å²) in [7, 11) is -3.45. The Balaban J connectivity index is 1.98. The number of hydrogen-bond donors (Lipinski definition) is 1. The van der Waals surface area contributed by atoms with Gasteiger partial charge in [0.05, 0.1) is 11.7 Å². The Labute approximate surface area is 149 Å². The summed E-state index contributed by atoms with van der Waals surface area (Å²) >= 11 is 5.92. The quantitative estimate of drug-likeness (QED) is 0.748. The highest BCUT2D eigenvalue weighted by molar-refractivity contribution is 7.88. The van der Waals surface area contributed by atoms with Crippen molar-refractivity contribution in [1.29, 1.82) is 0 Å². The maximum absolute atomic E-state index is 12.6. The summed E-state index contributed by atoms with van der Waals surface area (Å²) in [6.07, 6.45) is 3.40. The number of sulfonamides is 1. The molecule has 0 spiro atoms. The van der Waals surface area contributed by atoms with Crippen molar-refractivity contribution in [2.45, 2.75) is 38.4 Å². The van der Waals surface area contributed by atoms with Crippen LogP contribution in [0.2, 0.25) is 5.02 Å². The number of nitrogens with one attached hydrogen (secondary N) is 1. The number of hydrogen-bond acceptors (Lipinski definition) is 3. The van der Waals surface area contributed by atoms with Crippen LogP contribution in [0.15, 0.2) is 24.3 Å². The van der Waals surface area contributed by atoms with Crippen LogP contribution in [-0.2, 0) is 20.6 Å². The number of rotatable bonds is 7. The first kappa shape index (κ1) is 19.2. The number of carbonyl (C=O) groups excluding carboxylic acids is 1. The Bertz CT molecular complexity index is 664. The first-order valence-electron chi connectivity index (χ1n) is 8.42. The Morgan fingerprint density at radius 3 is 2.92 bits per heavy atom. The van der Waals surface area contributed by atoms with E-state index >= 15 is 0 Å². The largest absolute Gasteiger partial charge is 0.356 e. The maximum Gasteiger partial charge on any atom is 0.224 e. The predicted octanol–water partition coefficient (Wildman–Crippen LogP) is 2.80. The number of carbonyl (C=O) groups is 1. The maximum atomic E-state index is 12.6. The number of piperidine rings is 1. The van der Waals surface area contributed by atoms with E-state index in [1.165, 1.54) is 4.31 Å². The molecule has 0 radical (unpaired) electrons. The standard InChI is InChI=1S/C17H25ClN2O3S/c1-2-3-9-19-17(21)15-7-5-10-20(12-15)24(22,23)13-14-6-4-8-16(18)11-14/h4,6,8,11,15H,2-3,5,7,9-10,12-13H2,1H3,(H,19,21). The summed E-state index contributed by atoms with van der Waals surface area (Å²) in [5.41, 5.74) is 0.664. The van der Waals surface area contributed by atoms with Crippen molar-refractivity contribution in [3.05, 3.63) is 34.9 Å². The van der Waals surface area contributed by atoms with E-state index in [1.54, 1.807) is 24.3 Å². The second-order valence-electron chi connectivity index (χ2n) is 6.23. The third-order valence-electron chi connectivity index (χ3n) is 4.22. The van der Waals surface area contributed by atoms with E-state index in [9.17, 15) is 13.2 Å². The normalized spacial score (nSPS) is 19.2. The minimum atomic E-state index is -3.45. The third kappa shape index (κ3) is 5.46. The van der Waals surface area contributed by atoms with E-state index in [2.05, 4.69) is 12.2 Å². The summed E-state index contributed by atoms with van der Waals surface area (Å²) in [6, 6.07) is 6.88. The SMILES string of the molecule is CCCCNC(=O)C1CCCN(S(=O)(=O)Cc2cccc(Cl)c2)C1. The average Bonchev–Trinajstić information content (AvgIpc) is 2.55. The van der Waals surface area contributed by atoms with E-state index in [1.807, 2.05) is 0 Å². The van der Waals surface area contributed by atoms with Gasteiger partial charge in [-0.05, 0) is 37.0 Å². The summed E-state index contributed by atoms with van der Waals surface area (Å²) in [4.78, 5) is 12.2. The molecule has 0 saturated carbocycles. The van der Waals surface area contributed by atoms with Gasteiger partial charge in [0.2, 0.25) is 15.9 Å². The highest BCUT2D eigenvalue weighted by atomic mass is 35.5. The zero-order chi connectivity index (χ0) is 17.6. The lowest BCUT2D eigenvalue weighted by Crippen LogP contribution is -2.45. The molecule has 2 rings (SSSR count). The van der Waals surface area contributed by atoms with Crippen molar-refractivity contribution in [2.75, 3.05) is 19.6 Å². The van der Waals surface area contributed by atoms with Crippen molar-refractivity contribution in [1.82, 2.24) is 9.62 Å². The molecule has 1 aliphatic heterocycles. The molecule has 1 N–H and O–H groups in total. The average molecular weight is 373 g/mol. The lowest BCUT2D eigenvalue weighted by Gasteiger charge is -2.31. The minimum Gasteiger partial charge on any atom is -0.356 e. The lowest BCUT2D eigenvalue weighted by molar-refractivity contribution is -0.126. The van der Waals surface area contributed by atoms with Gasteiger partial charge in [-0.15, -0.1) is 0 Å². The van der Waals surface area contributed by atoms with E-state index in [0.29, 0.717) is 30.1 Å². The van der Waals surface area contributed by atoms with Crippen molar-refractivity contribution in [3.8, 4) is 0 Å². The third-order valence-corrected chi connectivity index (χ3v) is 6.27. The monoisotopic (exact) mass is 372 g/mol. The van der Waals surface area contributed by atoms with Crippen LogP contribution in [0.25, 0.3) is 0 Å². The molecule has 7 heteroatoms. The zero-order valence-electron chi connectivity index (χ0n) is 14.0. The number of halogens is 1. The fourth-order valence-electron chi connectivity index (χ4n) is 2.87. The van der Waals surface area contributed by atoms with Crippen molar-refractivity contribution in [2.24, 2.45) is 5.92 Å². The van der Waals surface area contributed by atoms with Crippen LogP contribution in [0, 0.1) is 5.92 Å².